The molecule has 32 heavy (non-hydrogen) atoms. The van der Waals surface area contributed by atoms with Gasteiger partial charge in [-0.2, -0.15) is 0 Å². The van der Waals surface area contributed by atoms with Crippen LogP contribution in [0.2, 0.25) is 0 Å². The van der Waals surface area contributed by atoms with E-state index in [2.05, 4.69) is 5.32 Å². The van der Waals surface area contributed by atoms with Gasteiger partial charge in [0.05, 0.1) is 11.9 Å². The summed E-state index contributed by atoms with van der Waals surface area (Å²) >= 11 is 0. The Morgan fingerprint density at radius 1 is 0.969 bits per heavy atom. The highest BCUT2D eigenvalue weighted by molar-refractivity contribution is 7.92. The lowest BCUT2D eigenvalue weighted by molar-refractivity contribution is -0.140. The molecule has 0 heterocycles. The maximum atomic E-state index is 13.3. The lowest BCUT2D eigenvalue weighted by Crippen LogP contribution is -2.52. The van der Waals surface area contributed by atoms with E-state index in [0.29, 0.717) is 12.1 Å². The van der Waals surface area contributed by atoms with Crippen molar-refractivity contribution in [3.05, 3.63) is 65.7 Å². The van der Waals surface area contributed by atoms with E-state index in [-0.39, 0.29) is 24.6 Å². The molecule has 0 unspecified atom stereocenters. The first-order valence-corrected chi connectivity index (χ1v) is 12.0. The van der Waals surface area contributed by atoms with Crippen molar-refractivity contribution in [3.8, 4) is 0 Å². The smallest absolute Gasteiger partial charge is 0.244 e. The number of sulfonamides is 1. The number of hydrogen-bond acceptors (Lipinski definition) is 4. The maximum absolute atomic E-state index is 13.3. The second kappa shape index (κ2) is 11.0. The number of anilines is 1. The van der Waals surface area contributed by atoms with Gasteiger partial charge in [0.15, 0.2) is 0 Å². The molecule has 0 aromatic heterocycles. The first kappa shape index (κ1) is 25.3. The van der Waals surface area contributed by atoms with E-state index in [4.69, 9.17) is 0 Å². The fourth-order valence-corrected chi connectivity index (χ4v) is 4.07. The molecule has 0 saturated carbocycles. The van der Waals surface area contributed by atoms with Crippen LogP contribution >= 0.6 is 0 Å². The van der Waals surface area contributed by atoms with Crippen molar-refractivity contribution in [2.75, 3.05) is 23.7 Å². The number of hydrogen-bond donors (Lipinski definition) is 1. The summed E-state index contributed by atoms with van der Waals surface area (Å²) in [4.78, 5) is 27.2. The van der Waals surface area contributed by atoms with Gasteiger partial charge in [-0.25, -0.2) is 17.2 Å². The monoisotopic (exact) mass is 467 g/mol. The highest BCUT2D eigenvalue weighted by Crippen LogP contribution is 2.20. The van der Waals surface area contributed by atoms with Gasteiger partial charge in [-0.3, -0.25) is 13.9 Å². The van der Waals surface area contributed by atoms with Gasteiger partial charge in [0, 0.05) is 13.1 Å². The zero-order valence-electron chi connectivity index (χ0n) is 18.2. The van der Waals surface area contributed by atoms with Crippen LogP contribution in [0.3, 0.4) is 0 Å². The number of benzene rings is 2. The van der Waals surface area contributed by atoms with Crippen LogP contribution in [-0.4, -0.2) is 50.5 Å². The van der Waals surface area contributed by atoms with E-state index in [1.165, 1.54) is 41.3 Å². The number of amides is 2. The van der Waals surface area contributed by atoms with Gasteiger partial charge in [0.25, 0.3) is 0 Å². The molecule has 0 aliphatic carbocycles. The second-order valence-corrected chi connectivity index (χ2v) is 9.12. The topological polar surface area (TPSA) is 86.8 Å². The zero-order valence-corrected chi connectivity index (χ0v) is 19.0. The van der Waals surface area contributed by atoms with Crippen molar-refractivity contribution in [1.29, 1.82) is 0 Å². The summed E-state index contributed by atoms with van der Waals surface area (Å²) in [5.41, 5.74) is 0.699. The predicted octanol–water partition coefficient (Wildman–Crippen LogP) is 2.67. The number of likely N-dealkylation sites (N-methyl/N-ethyl adjacent to an activating group) is 1. The Morgan fingerprint density at radius 2 is 1.50 bits per heavy atom. The third-order valence-corrected chi connectivity index (χ3v) is 5.94. The summed E-state index contributed by atoms with van der Waals surface area (Å²) in [7, 11) is -3.89. The van der Waals surface area contributed by atoms with E-state index in [0.717, 1.165) is 22.7 Å². The summed E-state index contributed by atoms with van der Waals surface area (Å²) in [6.45, 7) is 3.24. The number of nitrogens with one attached hydrogen (secondary N) is 1. The van der Waals surface area contributed by atoms with Gasteiger partial charge in [0.2, 0.25) is 21.8 Å². The number of halogens is 2. The summed E-state index contributed by atoms with van der Waals surface area (Å²) in [6, 6.07) is 9.32. The van der Waals surface area contributed by atoms with Crippen LogP contribution in [0.25, 0.3) is 0 Å². The van der Waals surface area contributed by atoms with Gasteiger partial charge in [0.1, 0.15) is 24.2 Å². The molecule has 10 heteroatoms. The van der Waals surface area contributed by atoms with Gasteiger partial charge >= 0.3 is 0 Å². The number of carbonyl (C=O) groups is 2. The van der Waals surface area contributed by atoms with Crippen molar-refractivity contribution >= 4 is 27.5 Å². The molecule has 0 radical (unpaired) electrons. The molecule has 174 valence electrons. The third-order valence-electron chi connectivity index (χ3n) is 4.80. The third kappa shape index (κ3) is 6.74. The molecule has 2 aromatic rings. The zero-order chi connectivity index (χ0) is 23.9. The Labute approximate surface area is 187 Å². The molecule has 1 N–H and O–H groups in total. The minimum Gasteiger partial charge on any atom is -0.355 e. The molecule has 0 saturated heterocycles. The van der Waals surface area contributed by atoms with Crippen molar-refractivity contribution in [3.63, 3.8) is 0 Å². The fourth-order valence-electron chi connectivity index (χ4n) is 3.22. The predicted molar refractivity (Wildman–Crippen MR) is 118 cm³/mol. The Balaban J connectivity index is 2.40. The summed E-state index contributed by atoms with van der Waals surface area (Å²) in [6.07, 6.45) is 1.23. The van der Waals surface area contributed by atoms with Crippen molar-refractivity contribution < 1.29 is 26.8 Å². The average molecular weight is 468 g/mol. The van der Waals surface area contributed by atoms with E-state index in [1.54, 1.807) is 13.8 Å². The fraction of sp³-hybridized carbons (Fsp3) is 0.364. The number of rotatable bonds is 10. The number of nitrogens with zero attached hydrogens (tertiary/aromatic N) is 2. The first-order valence-electron chi connectivity index (χ1n) is 10.1. The van der Waals surface area contributed by atoms with Gasteiger partial charge in [-0.15, -0.1) is 0 Å². The van der Waals surface area contributed by atoms with Crippen LogP contribution in [0.15, 0.2) is 48.5 Å². The maximum Gasteiger partial charge on any atom is 0.244 e. The van der Waals surface area contributed by atoms with E-state index < -0.39 is 40.2 Å². The normalized spacial score (nSPS) is 12.2. The Kier molecular flexibility index (Phi) is 8.71. The molecule has 2 amide bonds. The summed E-state index contributed by atoms with van der Waals surface area (Å²) in [5.74, 6) is -1.99. The SMILES string of the molecule is CCNC(=O)[C@@H](CC)N(Cc1ccc(F)cc1)C(=O)CN(c1ccc(F)cc1)S(C)(=O)=O. The highest BCUT2D eigenvalue weighted by Gasteiger charge is 2.31. The molecule has 7 nitrogen and oxygen atoms in total. The van der Waals surface area contributed by atoms with Crippen LogP contribution in [0, 0.1) is 11.6 Å². The summed E-state index contributed by atoms with van der Waals surface area (Å²) in [5, 5.41) is 2.68. The van der Waals surface area contributed by atoms with Gasteiger partial charge in [-0.1, -0.05) is 19.1 Å². The molecule has 0 spiro atoms. The Morgan fingerprint density at radius 3 is 1.97 bits per heavy atom. The lowest BCUT2D eigenvalue weighted by Gasteiger charge is -2.32. The molecular formula is C22H27F2N3O4S. The van der Waals surface area contributed by atoms with E-state index in [9.17, 15) is 26.8 Å². The highest BCUT2D eigenvalue weighted by atomic mass is 32.2. The molecule has 0 aliphatic heterocycles. The molecule has 2 aromatic carbocycles. The molecule has 1 atom stereocenters. The molecule has 0 fully saturated rings. The van der Waals surface area contributed by atoms with Crippen molar-refractivity contribution in [2.24, 2.45) is 0 Å². The average Bonchev–Trinajstić information content (AvgIpc) is 2.73. The van der Waals surface area contributed by atoms with Crippen LogP contribution < -0.4 is 9.62 Å². The minimum atomic E-state index is -3.89. The standard InChI is InChI=1S/C22H27F2N3O4S/c1-4-20(22(29)25-5-2)26(14-16-6-8-17(23)9-7-16)21(28)15-27(32(3,30)31)19-12-10-18(24)11-13-19/h6-13,20H,4-5,14-15H2,1-3H3,(H,25,29)/t20-/m1/s1. The number of carbonyl (C=O) groups excluding carboxylic acids is 2. The quantitative estimate of drug-likeness (QED) is 0.582. The van der Waals surface area contributed by atoms with Gasteiger partial charge < -0.3 is 10.2 Å². The molecule has 0 bridgehead atoms. The Hall–Kier alpha value is -3.01. The first-order chi connectivity index (χ1) is 15.1. The summed E-state index contributed by atoms with van der Waals surface area (Å²) < 4.78 is 52.2. The Bertz CT molecular complexity index is 1030. The van der Waals surface area contributed by atoms with E-state index >= 15 is 0 Å². The van der Waals surface area contributed by atoms with Crippen molar-refractivity contribution in [1.82, 2.24) is 10.2 Å². The van der Waals surface area contributed by atoms with E-state index in [1.807, 2.05) is 0 Å². The molecular weight excluding hydrogens is 440 g/mol. The van der Waals surface area contributed by atoms with Crippen LogP contribution in [0.1, 0.15) is 25.8 Å². The molecule has 2 rings (SSSR count). The minimum absolute atomic E-state index is 0.0181. The largest absolute Gasteiger partial charge is 0.355 e. The lowest BCUT2D eigenvalue weighted by atomic mass is 10.1. The van der Waals surface area contributed by atoms with Crippen molar-refractivity contribution in [2.45, 2.75) is 32.9 Å². The van der Waals surface area contributed by atoms with Crippen LogP contribution in [0.4, 0.5) is 14.5 Å². The van der Waals surface area contributed by atoms with Gasteiger partial charge in [-0.05, 0) is 55.3 Å². The molecule has 0 aliphatic rings. The second-order valence-electron chi connectivity index (χ2n) is 7.21. The van der Waals surface area contributed by atoms with Crippen LogP contribution in [0.5, 0.6) is 0 Å². The van der Waals surface area contributed by atoms with Crippen LogP contribution in [-0.2, 0) is 26.2 Å².